The molecule has 0 N–H and O–H groups in total. The fourth-order valence-electron chi connectivity index (χ4n) is 0.531. The molecule has 0 aliphatic heterocycles. The van der Waals surface area contributed by atoms with Gasteiger partial charge in [0.05, 0.1) is 12.7 Å². The molecular weight excluding hydrogens is 208 g/mol. The quantitative estimate of drug-likeness (QED) is 0.535. The van der Waals surface area contributed by atoms with Crippen LogP contribution in [-0.2, 0) is 19.1 Å². The zero-order valence-electron chi connectivity index (χ0n) is 10.2. The fourth-order valence-corrected chi connectivity index (χ4v) is 0.531. The molecule has 4 nitrogen and oxygen atoms in total. The normalized spacial score (nSPS) is 10.2. The topological polar surface area (TPSA) is 52.6 Å². The van der Waals surface area contributed by atoms with Gasteiger partial charge in [-0.05, 0) is 20.3 Å². The van der Waals surface area contributed by atoms with Gasteiger partial charge in [0.1, 0.15) is 0 Å². The van der Waals surface area contributed by atoms with Crippen molar-refractivity contribution < 1.29 is 19.1 Å². The molecule has 0 saturated carbocycles. The summed E-state index contributed by atoms with van der Waals surface area (Å²) in [6.07, 6.45) is 3.17. The first-order valence-electron chi connectivity index (χ1n) is 5.13. The summed E-state index contributed by atoms with van der Waals surface area (Å²) in [5.74, 6) is -0.702. The predicted octanol–water partition coefficient (Wildman–Crippen LogP) is 2.25. The Morgan fingerprint density at radius 1 is 1.19 bits per heavy atom. The van der Waals surface area contributed by atoms with Gasteiger partial charge in [-0.15, -0.1) is 0 Å². The number of rotatable bonds is 5. The Kier molecular flexibility index (Phi) is 12.1. The molecule has 0 aromatic carbocycles. The van der Waals surface area contributed by atoms with Gasteiger partial charge in [0.15, 0.2) is 0 Å². The van der Waals surface area contributed by atoms with Crippen LogP contribution in [0, 0.1) is 0 Å². The number of carbonyl (C=O) groups is 2. The van der Waals surface area contributed by atoms with Gasteiger partial charge in [0.25, 0.3) is 0 Å². The van der Waals surface area contributed by atoms with Crippen LogP contribution in [0.3, 0.4) is 0 Å². The second-order valence-electron chi connectivity index (χ2n) is 2.82. The molecule has 0 radical (unpaired) electrons. The largest absolute Gasteiger partial charge is 0.463 e. The Bertz CT molecular complexity index is 233. The summed E-state index contributed by atoms with van der Waals surface area (Å²) in [5.41, 5.74) is 0. The highest BCUT2D eigenvalue weighted by atomic mass is 16.5. The molecule has 0 aliphatic carbocycles. The summed E-state index contributed by atoms with van der Waals surface area (Å²) in [5, 5.41) is 0. The number of hydrogen-bond acceptors (Lipinski definition) is 4. The van der Waals surface area contributed by atoms with Gasteiger partial charge in [-0.25, -0.2) is 9.59 Å². The van der Waals surface area contributed by atoms with E-state index in [9.17, 15) is 9.59 Å². The summed E-state index contributed by atoms with van der Waals surface area (Å²) >= 11 is 0. The molecule has 0 bridgehead atoms. The van der Waals surface area contributed by atoms with Crippen LogP contribution < -0.4 is 0 Å². The van der Waals surface area contributed by atoms with Crippen LogP contribution in [0.5, 0.6) is 0 Å². The van der Waals surface area contributed by atoms with Crippen LogP contribution in [0.25, 0.3) is 0 Å². The van der Waals surface area contributed by atoms with E-state index in [4.69, 9.17) is 4.74 Å². The monoisotopic (exact) mass is 228 g/mol. The van der Waals surface area contributed by atoms with Crippen LogP contribution in [0.1, 0.15) is 27.2 Å². The second-order valence-corrected chi connectivity index (χ2v) is 2.82. The average molecular weight is 228 g/mol. The Morgan fingerprint density at radius 3 is 1.94 bits per heavy atom. The van der Waals surface area contributed by atoms with Gasteiger partial charge in [-0.2, -0.15) is 0 Å². The zero-order chi connectivity index (χ0) is 13.0. The third-order valence-corrected chi connectivity index (χ3v) is 1.51. The summed E-state index contributed by atoms with van der Waals surface area (Å²) in [6, 6.07) is 0. The standard InChI is InChI=1S/C7H12O2.C5H8O2/c1-4-6(3)9-7(8)5-2;1-3-5(6)7-4-2/h5-6H,2,4H2,1,3H3;3H,1,4H2,2H3. The van der Waals surface area contributed by atoms with Crippen molar-refractivity contribution in [2.75, 3.05) is 6.61 Å². The lowest BCUT2D eigenvalue weighted by Gasteiger charge is -2.07. The van der Waals surface area contributed by atoms with E-state index >= 15 is 0 Å². The van der Waals surface area contributed by atoms with E-state index in [0.717, 1.165) is 12.5 Å². The maximum Gasteiger partial charge on any atom is 0.330 e. The molecule has 0 aromatic rings. The number of esters is 2. The second kappa shape index (κ2) is 11.5. The Balaban J connectivity index is 0. The molecule has 1 unspecified atom stereocenters. The fraction of sp³-hybridized carbons (Fsp3) is 0.500. The van der Waals surface area contributed by atoms with E-state index < -0.39 is 0 Å². The first kappa shape index (κ1) is 16.8. The lowest BCUT2D eigenvalue weighted by atomic mass is 10.3. The van der Waals surface area contributed by atoms with E-state index in [-0.39, 0.29) is 18.0 Å². The molecule has 0 spiro atoms. The first-order valence-corrected chi connectivity index (χ1v) is 5.13. The number of ether oxygens (including phenoxy) is 2. The highest BCUT2D eigenvalue weighted by molar-refractivity contribution is 5.81. The maximum atomic E-state index is 10.4. The van der Waals surface area contributed by atoms with Crippen molar-refractivity contribution in [3.63, 3.8) is 0 Å². The Hall–Kier alpha value is -1.58. The van der Waals surface area contributed by atoms with Crippen molar-refractivity contribution in [3.8, 4) is 0 Å². The van der Waals surface area contributed by atoms with Gasteiger partial charge in [0, 0.05) is 12.2 Å². The summed E-state index contributed by atoms with van der Waals surface area (Å²) < 4.78 is 9.23. The van der Waals surface area contributed by atoms with E-state index in [1.807, 2.05) is 13.8 Å². The highest BCUT2D eigenvalue weighted by Gasteiger charge is 2.01. The van der Waals surface area contributed by atoms with Crippen molar-refractivity contribution in [2.24, 2.45) is 0 Å². The molecule has 92 valence electrons. The minimum atomic E-state index is -0.359. The van der Waals surface area contributed by atoms with Gasteiger partial charge >= 0.3 is 11.9 Å². The molecule has 0 aliphatic rings. The van der Waals surface area contributed by atoms with Crippen molar-refractivity contribution in [1.29, 1.82) is 0 Å². The van der Waals surface area contributed by atoms with Crippen molar-refractivity contribution in [3.05, 3.63) is 25.3 Å². The van der Waals surface area contributed by atoms with Crippen LogP contribution in [0.4, 0.5) is 0 Å². The molecule has 16 heavy (non-hydrogen) atoms. The van der Waals surface area contributed by atoms with E-state index in [1.165, 1.54) is 6.08 Å². The van der Waals surface area contributed by atoms with Gasteiger partial charge in [0.2, 0.25) is 0 Å². The molecule has 0 rings (SSSR count). The van der Waals surface area contributed by atoms with E-state index in [0.29, 0.717) is 6.61 Å². The summed E-state index contributed by atoms with van der Waals surface area (Å²) in [6.45, 7) is 12.5. The third kappa shape index (κ3) is 12.4. The lowest BCUT2D eigenvalue weighted by molar-refractivity contribution is -0.142. The van der Waals surface area contributed by atoms with Crippen molar-refractivity contribution in [2.45, 2.75) is 33.3 Å². The van der Waals surface area contributed by atoms with E-state index in [2.05, 4.69) is 17.9 Å². The predicted molar refractivity (Wildman–Crippen MR) is 62.9 cm³/mol. The molecule has 1 atom stereocenters. The summed E-state index contributed by atoms with van der Waals surface area (Å²) in [7, 11) is 0. The zero-order valence-corrected chi connectivity index (χ0v) is 10.2. The molecule has 0 saturated heterocycles. The van der Waals surface area contributed by atoms with Gasteiger partial charge < -0.3 is 9.47 Å². The van der Waals surface area contributed by atoms with Crippen LogP contribution in [0.15, 0.2) is 25.3 Å². The first-order chi connectivity index (χ1) is 7.51. The van der Waals surface area contributed by atoms with E-state index in [1.54, 1.807) is 6.92 Å². The molecule has 0 fully saturated rings. The SMILES string of the molecule is C=CC(=O)OC(C)CC.C=CC(=O)OCC. The minimum absolute atomic E-state index is 0.00972. The molecule has 0 amide bonds. The Morgan fingerprint density at radius 2 is 1.69 bits per heavy atom. The number of carbonyl (C=O) groups excluding carboxylic acids is 2. The van der Waals surface area contributed by atoms with Crippen molar-refractivity contribution >= 4 is 11.9 Å². The third-order valence-electron chi connectivity index (χ3n) is 1.51. The average Bonchev–Trinajstić information content (AvgIpc) is 2.29. The molecule has 0 heterocycles. The van der Waals surface area contributed by atoms with Crippen molar-refractivity contribution in [1.82, 2.24) is 0 Å². The molecule has 0 aromatic heterocycles. The van der Waals surface area contributed by atoms with Crippen LogP contribution in [0.2, 0.25) is 0 Å². The number of hydrogen-bond donors (Lipinski definition) is 0. The van der Waals surface area contributed by atoms with Gasteiger partial charge in [-0.3, -0.25) is 0 Å². The molecule has 4 heteroatoms. The minimum Gasteiger partial charge on any atom is -0.463 e. The summed E-state index contributed by atoms with van der Waals surface area (Å²) in [4.78, 5) is 20.5. The molecular formula is C12H20O4. The maximum absolute atomic E-state index is 10.4. The van der Waals surface area contributed by atoms with Gasteiger partial charge in [-0.1, -0.05) is 20.1 Å². The van der Waals surface area contributed by atoms with Crippen LogP contribution >= 0.6 is 0 Å². The smallest absolute Gasteiger partial charge is 0.330 e. The van der Waals surface area contributed by atoms with Crippen LogP contribution in [-0.4, -0.2) is 24.6 Å². The lowest BCUT2D eigenvalue weighted by Crippen LogP contribution is -2.10. The Labute approximate surface area is 96.9 Å². The highest BCUT2D eigenvalue weighted by Crippen LogP contribution is 1.95.